The van der Waals surface area contributed by atoms with Crippen molar-refractivity contribution in [2.24, 2.45) is 5.92 Å². The van der Waals surface area contributed by atoms with Crippen LogP contribution >= 0.6 is 0 Å². The SMILES string of the molecule is [B]CC(C)[CH-]N[CH2-].[CH3-].[W+2].[Y]. The van der Waals surface area contributed by atoms with Crippen molar-refractivity contribution in [2.45, 2.75) is 13.2 Å². The number of nitrogens with one attached hydrogen (secondary N) is 1. The summed E-state index contributed by atoms with van der Waals surface area (Å²) in [7, 11) is 8.67. The van der Waals surface area contributed by atoms with E-state index in [0.717, 1.165) is 0 Å². The summed E-state index contributed by atoms with van der Waals surface area (Å²) in [5, 5.41) is 2.66. The smallest absolute Gasteiger partial charge is 0.621 e. The third-order valence-corrected chi connectivity index (χ3v) is 0.774. The van der Waals surface area contributed by atoms with Crippen molar-refractivity contribution in [2.75, 3.05) is 0 Å². The van der Waals surface area contributed by atoms with Gasteiger partial charge in [0.05, 0.1) is 7.85 Å². The van der Waals surface area contributed by atoms with E-state index in [2.05, 4.69) is 12.4 Å². The Labute approximate surface area is 106 Å². The van der Waals surface area contributed by atoms with Gasteiger partial charge in [-0.3, -0.25) is 0 Å². The van der Waals surface area contributed by atoms with E-state index in [1.165, 1.54) is 0 Å². The van der Waals surface area contributed by atoms with E-state index in [9.17, 15) is 0 Å². The molecule has 0 aliphatic rings. The molecule has 1 N–H and O–H groups in total. The van der Waals surface area contributed by atoms with Crippen LogP contribution in [0.3, 0.4) is 0 Å². The van der Waals surface area contributed by atoms with Gasteiger partial charge in [-0.05, 0) is 0 Å². The molecule has 0 aromatic carbocycles. The standard InChI is InChI=1S/C5H10BN.CH3.W.Y/c1-5(3-6)4-7-2;;;/h4-5,7H,2-3H2,1H3;1H3;;/q-2;-1;+2;. The van der Waals surface area contributed by atoms with Gasteiger partial charge in [0, 0.05) is 32.7 Å². The molecule has 0 fully saturated rings. The Balaban J connectivity index is -0.0000000600. The molecule has 3 radical (unpaired) electrons. The quantitative estimate of drug-likeness (QED) is 0.571. The van der Waals surface area contributed by atoms with Crippen LogP contribution in [-0.2, 0) is 53.8 Å². The summed E-state index contributed by atoms with van der Waals surface area (Å²) in [6.07, 6.45) is 0.683. The second-order valence-electron chi connectivity index (χ2n) is 1.58. The van der Waals surface area contributed by atoms with Gasteiger partial charge >= 0.3 is 21.1 Å². The molecule has 10 heavy (non-hydrogen) atoms. The molecule has 1 nitrogen and oxygen atoms in total. The van der Waals surface area contributed by atoms with E-state index in [4.69, 9.17) is 7.85 Å². The van der Waals surface area contributed by atoms with Crippen LogP contribution in [0.5, 0.6) is 0 Å². The first-order valence-electron chi connectivity index (χ1n) is 2.37. The minimum absolute atomic E-state index is 0. The first kappa shape index (κ1) is 22.6. The summed E-state index contributed by atoms with van der Waals surface area (Å²) in [6, 6.07) is 0. The molecule has 0 aromatic rings. The van der Waals surface area contributed by atoms with E-state index in [0.29, 0.717) is 12.2 Å². The predicted octanol–water partition coefficient (Wildman–Crippen LogP) is 1.20. The van der Waals surface area contributed by atoms with Crippen molar-refractivity contribution >= 4 is 7.85 Å². The molecule has 0 aromatic heterocycles. The second-order valence-corrected chi connectivity index (χ2v) is 1.58. The number of hydrogen-bond donors (Lipinski definition) is 1. The molecule has 0 heterocycles. The normalized spacial score (nSPS) is 9.80. The van der Waals surface area contributed by atoms with E-state index >= 15 is 0 Å². The Bertz CT molecular complexity index is 48.7. The minimum Gasteiger partial charge on any atom is -0.621 e. The third kappa shape index (κ3) is 16.4. The molecular formula is C6H13BNWY-. The van der Waals surface area contributed by atoms with Crippen LogP contribution in [0.25, 0.3) is 0 Å². The maximum absolute atomic E-state index is 5.26. The van der Waals surface area contributed by atoms with Crippen LogP contribution in [0, 0.1) is 26.9 Å². The van der Waals surface area contributed by atoms with Gasteiger partial charge in [0.2, 0.25) is 0 Å². The molecule has 0 spiro atoms. The van der Waals surface area contributed by atoms with Crippen LogP contribution in [-0.4, -0.2) is 7.85 Å². The fourth-order valence-corrected chi connectivity index (χ4v) is 0.269. The molecule has 1 unspecified atom stereocenters. The molecule has 0 aliphatic carbocycles. The summed E-state index contributed by atoms with van der Waals surface area (Å²) in [5.41, 5.74) is 0. The Morgan fingerprint density at radius 1 is 1.70 bits per heavy atom. The molecule has 0 saturated heterocycles. The summed E-state index contributed by atoms with van der Waals surface area (Å²) < 4.78 is 0. The fourth-order valence-electron chi connectivity index (χ4n) is 0.269. The molecule has 55 valence electrons. The van der Waals surface area contributed by atoms with E-state index < -0.39 is 0 Å². The van der Waals surface area contributed by atoms with Crippen LogP contribution < -0.4 is 5.32 Å². The van der Waals surface area contributed by atoms with E-state index in [1.54, 1.807) is 0 Å². The second kappa shape index (κ2) is 17.1. The average molecular weight is 383 g/mol. The van der Waals surface area contributed by atoms with Crippen molar-refractivity contribution in [3.05, 3.63) is 21.0 Å². The minimum atomic E-state index is 0. The molecule has 4 heteroatoms. The van der Waals surface area contributed by atoms with Gasteiger partial charge in [-0.2, -0.15) is 5.92 Å². The Morgan fingerprint density at radius 2 is 2.10 bits per heavy atom. The summed E-state index contributed by atoms with van der Waals surface area (Å²) in [4.78, 5) is 0. The summed E-state index contributed by atoms with van der Waals surface area (Å²) >= 11 is 0. The third-order valence-electron chi connectivity index (χ3n) is 0.774. The molecular weight excluding hydrogens is 370 g/mol. The predicted molar refractivity (Wildman–Crippen MR) is 38.9 cm³/mol. The van der Waals surface area contributed by atoms with E-state index in [-0.39, 0.29) is 61.2 Å². The monoisotopic (exact) mass is 383 g/mol. The molecule has 0 saturated carbocycles. The molecule has 0 rings (SSSR count). The summed E-state index contributed by atoms with van der Waals surface area (Å²) in [6.45, 7) is 3.89. The van der Waals surface area contributed by atoms with Gasteiger partial charge in [-0.25, -0.2) is 0 Å². The maximum atomic E-state index is 5.26. The van der Waals surface area contributed by atoms with Crippen LogP contribution in [0.4, 0.5) is 0 Å². The van der Waals surface area contributed by atoms with Crippen LogP contribution in [0.1, 0.15) is 6.92 Å². The van der Waals surface area contributed by atoms with Crippen molar-refractivity contribution in [1.29, 1.82) is 0 Å². The molecule has 0 bridgehead atoms. The molecule has 0 amide bonds. The van der Waals surface area contributed by atoms with Crippen LogP contribution in [0.2, 0.25) is 6.32 Å². The first-order valence-corrected chi connectivity index (χ1v) is 2.37. The Morgan fingerprint density at radius 3 is 2.20 bits per heavy atom. The van der Waals surface area contributed by atoms with Gasteiger partial charge in [0.15, 0.2) is 0 Å². The maximum Gasteiger partial charge on any atom is 2.00 e. The van der Waals surface area contributed by atoms with Crippen molar-refractivity contribution in [3.63, 3.8) is 0 Å². The largest absolute Gasteiger partial charge is 2.00 e. The number of rotatable bonds is 3. The van der Waals surface area contributed by atoms with Crippen molar-refractivity contribution < 1.29 is 53.8 Å². The van der Waals surface area contributed by atoms with Gasteiger partial charge in [-0.1, -0.05) is 6.92 Å². The fraction of sp³-hybridized carbons (Fsp3) is 0.500. The topological polar surface area (TPSA) is 12.0 Å². The van der Waals surface area contributed by atoms with Gasteiger partial charge in [-0.15, -0.1) is 6.32 Å². The first-order chi connectivity index (χ1) is 3.31. The number of hydrogen-bond acceptors (Lipinski definition) is 1. The van der Waals surface area contributed by atoms with Crippen molar-refractivity contribution in [3.8, 4) is 0 Å². The molecule has 1 atom stereocenters. The van der Waals surface area contributed by atoms with Gasteiger partial charge in [0.1, 0.15) is 0 Å². The van der Waals surface area contributed by atoms with Crippen molar-refractivity contribution in [1.82, 2.24) is 5.32 Å². The molecule has 0 aliphatic heterocycles. The van der Waals surface area contributed by atoms with Crippen LogP contribution in [0.15, 0.2) is 0 Å². The zero-order valence-corrected chi connectivity index (χ0v) is 12.4. The Hall–Kier alpha value is 1.82. The van der Waals surface area contributed by atoms with Gasteiger partial charge in [0.25, 0.3) is 0 Å². The van der Waals surface area contributed by atoms with E-state index in [1.807, 2.05) is 13.5 Å². The van der Waals surface area contributed by atoms with Gasteiger partial charge < -0.3 is 26.3 Å². The average Bonchev–Trinajstić information content (AvgIpc) is 1.68. The summed E-state index contributed by atoms with van der Waals surface area (Å²) in [5.74, 6) is 0.428. The zero-order chi connectivity index (χ0) is 5.70. The Kier molecular flexibility index (Phi) is 38.6. The zero-order valence-electron chi connectivity index (χ0n) is 6.63.